The molecule has 5 heteroatoms. The van der Waals surface area contributed by atoms with E-state index in [2.05, 4.69) is 15.3 Å². The van der Waals surface area contributed by atoms with Crippen molar-refractivity contribution in [3.63, 3.8) is 0 Å². The molecule has 0 aliphatic rings. The summed E-state index contributed by atoms with van der Waals surface area (Å²) in [6.45, 7) is 5.03. The molecule has 1 aromatic carbocycles. The largest absolute Gasteiger partial charge is 0.496 e. The molecule has 0 fully saturated rings. The summed E-state index contributed by atoms with van der Waals surface area (Å²) in [5, 5.41) is 3.19. The molecule has 2 rings (SSSR count). The highest BCUT2D eigenvalue weighted by Gasteiger charge is 2.05. The first-order chi connectivity index (χ1) is 9.72. The van der Waals surface area contributed by atoms with E-state index in [0.29, 0.717) is 25.0 Å². The van der Waals surface area contributed by atoms with Gasteiger partial charge in [0.15, 0.2) is 0 Å². The number of nitrogens with one attached hydrogen (secondary N) is 1. The highest BCUT2D eigenvalue weighted by atomic mass is 16.5. The normalized spacial score (nSPS) is 10.2. The van der Waals surface area contributed by atoms with Crippen LogP contribution in [-0.2, 0) is 6.54 Å². The number of nitrogens with zero attached hydrogens (tertiary/aromatic N) is 2. The summed E-state index contributed by atoms with van der Waals surface area (Å²) in [6.07, 6.45) is 0. The molecule has 1 aromatic heterocycles. The van der Waals surface area contributed by atoms with Gasteiger partial charge in [-0.2, -0.15) is 4.98 Å². The van der Waals surface area contributed by atoms with Crippen molar-refractivity contribution in [1.29, 1.82) is 0 Å². The first-order valence-corrected chi connectivity index (χ1v) is 6.57. The fraction of sp³-hybridized carbons (Fsp3) is 0.333. The summed E-state index contributed by atoms with van der Waals surface area (Å²) in [7, 11) is 1.66. The first-order valence-electron chi connectivity index (χ1n) is 6.57. The zero-order valence-electron chi connectivity index (χ0n) is 12.0. The Hall–Kier alpha value is -2.30. The maximum atomic E-state index is 5.41. The molecule has 0 aliphatic heterocycles. The third-order valence-corrected chi connectivity index (χ3v) is 2.75. The van der Waals surface area contributed by atoms with Crippen LogP contribution in [0.25, 0.3) is 0 Å². The Morgan fingerprint density at radius 3 is 2.75 bits per heavy atom. The van der Waals surface area contributed by atoms with Gasteiger partial charge < -0.3 is 14.8 Å². The number of methoxy groups -OCH3 is 1. The third kappa shape index (κ3) is 3.60. The molecule has 0 atom stereocenters. The number of benzene rings is 1. The van der Waals surface area contributed by atoms with Gasteiger partial charge in [0.05, 0.1) is 13.7 Å². The lowest BCUT2D eigenvalue weighted by molar-refractivity contribution is 0.326. The standard InChI is InChI=1S/C15H19N3O2/c1-4-20-14-9-11(2)17-15(18-14)16-10-12-7-5-6-8-13(12)19-3/h5-9H,4,10H2,1-3H3,(H,16,17,18). The molecule has 0 radical (unpaired) electrons. The Kier molecular flexibility index (Phi) is 4.76. The predicted molar refractivity (Wildman–Crippen MR) is 78.3 cm³/mol. The lowest BCUT2D eigenvalue weighted by Crippen LogP contribution is -2.07. The molecule has 0 aliphatic carbocycles. The van der Waals surface area contributed by atoms with E-state index < -0.39 is 0 Å². The zero-order valence-corrected chi connectivity index (χ0v) is 12.0. The summed E-state index contributed by atoms with van der Waals surface area (Å²) in [5.41, 5.74) is 1.92. The molecule has 1 heterocycles. The Morgan fingerprint density at radius 2 is 2.00 bits per heavy atom. The van der Waals surface area contributed by atoms with Crippen LogP contribution in [-0.4, -0.2) is 23.7 Å². The Morgan fingerprint density at radius 1 is 1.20 bits per heavy atom. The molecular formula is C15H19N3O2. The number of anilines is 1. The second-order valence-electron chi connectivity index (χ2n) is 4.27. The van der Waals surface area contributed by atoms with E-state index in [1.807, 2.05) is 44.2 Å². The summed E-state index contributed by atoms with van der Waals surface area (Å²) in [4.78, 5) is 8.65. The smallest absolute Gasteiger partial charge is 0.226 e. The van der Waals surface area contributed by atoms with Gasteiger partial charge in [-0.25, -0.2) is 4.98 Å². The predicted octanol–water partition coefficient (Wildman–Crippen LogP) is 2.80. The fourth-order valence-electron chi connectivity index (χ4n) is 1.86. The molecule has 0 bridgehead atoms. The Labute approximate surface area is 119 Å². The molecule has 0 unspecified atom stereocenters. The van der Waals surface area contributed by atoms with Crippen molar-refractivity contribution < 1.29 is 9.47 Å². The van der Waals surface area contributed by atoms with E-state index in [9.17, 15) is 0 Å². The van der Waals surface area contributed by atoms with Crippen molar-refractivity contribution in [1.82, 2.24) is 9.97 Å². The molecule has 20 heavy (non-hydrogen) atoms. The minimum atomic E-state index is 0.555. The van der Waals surface area contributed by atoms with Gasteiger partial charge in [-0.15, -0.1) is 0 Å². The molecule has 0 saturated carbocycles. The van der Waals surface area contributed by atoms with Crippen LogP contribution in [0.1, 0.15) is 18.2 Å². The van der Waals surface area contributed by atoms with E-state index >= 15 is 0 Å². The van der Waals surface area contributed by atoms with Gasteiger partial charge in [0, 0.05) is 23.9 Å². The molecule has 1 N–H and O–H groups in total. The molecule has 5 nitrogen and oxygen atoms in total. The van der Waals surface area contributed by atoms with Gasteiger partial charge >= 0.3 is 0 Å². The van der Waals surface area contributed by atoms with Crippen LogP contribution in [0, 0.1) is 6.92 Å². The lowest BCUT2D eigenvalue weighted by atomic mass is 10.2. The minimum absolute atomic E-state index is 0.555. The van der Waals surface area contributed by atoms with Gasteiger partial charge in [-0.3, -0.25) is 0 Å². The minimum Gasteiger partial charge on any atom is -0.496 e. The van der Waals surface area contributed by atoms with E-state index in [1.54, 1.807) is 7.11 Å². The number of aryl methyl sites for hydroxylation is 1. The molecular weight excluding hydrogens is 254 g/mol. The van der Waals surface area contributed by atoms with Crippen LogP contribution in [0.2, 0.25) is 0 Å². The average molecular weight is 273 g/mol. The highest BCUT2D eigenvalue weighted by Crippen LogP contribution is 2.19. The van der Waals surface area contributed by atoms with Gasteiger partial charge in [-0.1, -0.05) is 18.2 Å². The topological polar surface area (TPSA) is 56.3 Å². The highest BCUT2D eigenvalue weighted by molar-refractivity contribution is 5.38. The van der Waals surface area contributed by atoms with E-state index in [4.69, 9.17) is 9.47 Å². The summed E-state index contributed by atoms with van der Waals surface area (Å²) in [5.74, 6) is 1.99. The van der Waals surface area contributed by atoms with Gasteiger partial charge in [0.2, 0.25) is 11.8 Å². The van der Waals surface area contributed by atoms with Crippen molar-refractivity contribution >= 4 is 5.95 Å². The summed E-state index contributed by atoms with van der Waals surface area (Å²) in [6, 6.07) is 9.67. The molecule has 0 saturated heterocycles. The molecule has 106 valence electrons. The number of aromatic nitrogens is 2. The third-order valence-electron chi connectivity index (χ3n) is 2.75. The average Bonchev–Trinajstić information content (AvgIpc) is 2.45. The second-order valence-corrected chi connectivity index (χ2v) is 4.27. The van der Waals surface area contributed by atoms with Crippen molar-refractivity contribution in [2.75, 3.05) is 19.0 Å². The van der Waals surface area contributed by atoms with E-state index in [1.165, 1.54) is 0 Å². The molecule has 0 amide bonds. The fourth-order valence-corrected chi connectivity index (χ4v) is 1.86. The molecule has 2 aromatic rings. The number of para-hydroxylation sites is 1. The van der Waals surface area contributed by atoms with Crippen molar-refractivity contribution in [2.45, 2.75) is 20.4 Å². The van der Waals surface area contributed by atoms with Crippen molar-refractivity contribution in [3.05, 3.63) is 41.6 Å². The first kappa shape index (κ1) is 14.1. The van der Waals surface area contributed by atoms with Crippen molar-refractivity contribution in [2.24, 2.45) is 0 Å². The summed E-state index contributed by atoms with van der Waals surface area (Å²) < 4.78 is 10.7. The van der Waals surface area contributed by atoms with Crippen molar-refractivity contribution in [3.8, 4) is 11.6 Å². The number of ether oxygens (including phenoxy) is 2. The van der Waals surface area contributed by atoms with Crippen LogP contribution >= 0.6 is 0 Å². The van der Waals surface area contributed by atoms with Crippen LogP contribution in [0.3, 0.4) is 0 Å². The van der Waals surface area contributed by atoms with E-state index in [0.717, 1.165) is 17.0 Å². The Bertz CT molecular complexity index is 573. The second kappa shape index (κ2) is 6.75. The maximum absolute atomic E-state index is 5.41. The summed E-state index contributed by atoms with van der Waals surface area (Å²) >= 11 is 0. The number of hydrogen-bond acceptors (Lipinski definition) is 5. The van der Waals surface area contributed by atoms with Gasteiger partial charge in [-0.05, 0) is 19.9 Å². The Balaban J connectivity index is 2.10. The number of hydrogen-bond donors (Lipinski definition) is 1. The molecule has 0 spiro atoms. The van der Waals surface area contributed by atoms with Crippen LogP contribution in [0.15, 0.2) is 30.3 Å². The SMILES string of the molecule is CCOc1cc(C)nc(NCc2ccccc2OC)n1. The van der Waals surface area contributed by atoms with Gasteiger partial charge in [0.1, 0.15) is 5.75 Å². The zero-order chi connectivity index (χ0) is 14.4. The van der Waals surface area contributed by atoms with Crippen LogP contribution in [0.4, 0.5) is 5.95 Å². The van der Waals surface area contributed by atoms with Gasteiger partial charge in [0.25, 0.3) is 0 Å². The quantitative estimate of drug-likeness (QED) is 0.877. The maximum Gasteiger partial charge on any atom is 0.226 e. The van der Waals surface area contributed by atoms with Crippen LogP contribution in [0.5, 0.6) is 11.6 Å². The van der Waals surface area contributed by atoms with Crippen LogP contribution < -0.4 is 14.8 Å². The lowest BCUT2D eigenvalue weighted by Gasteiger charge is -2.10. The number of rotatable bonds is 6. The van der Waals surface area contributed by atoms with E-state index in [-0.39, 0.29) is 0 Å². The monoisotopic (exact) mass is 273 g/mol.